The molecule has 1 spiro atoms. The fraction of sp³-hybridized carbons (Fsp3) is 0.556. The van der Waals surface area contributed by atoms with E-state index in [2.05, 4.69) is 95.9 Å². The third-order valence-corrected chi connectivity index (χ3v) is 25.9. The van der Waals surface area contributed by atoms with E-state index >= 15 is 0 Å². The van der Waals surface area contributed by atoms with Gasteiger partial charge in [0.05, 0.1) is 40.1 Å². The molecule has 6 N–H and O–H groups in total. The van der Waals surface area contributed by atoms with Gasteiger partial charge in [0.25, 0.3) is 11.8 Å². The number of hydrogen-bond acceptors (Lipinski definition) is 20. The number of rotatable bonds is 16. The summed E-state index contributed by atoms with van der Waals surface area (Å²) in [6.45, 7) is 17.3. The van der Waals surface area contributed by atoms with Crippen LogP contribution in [-0.2, 0) is 27.2 Å². The van der Waals surface area contributed by atoms with Gasteiger partial charge in [0.15, 0.2) is 34.8 Å². The van der Waals surface area contributed by atoms with Crippen molar-refractivity contribution in [1.82, 2.24) is 39.0 Å². The standard InChI is InChI=1S/C33H51N5O8Si2.C21H23N5O6/c1-20(2)47(21(3)4)43-18-25-27(45-48(46-47,22(5)6)23(7)8)33(41,16-13-17-39)31(44-25)38-19-34-26-28(38)35-32(37-30(26)42-9)36-29(40)24-14-11-10-12-15-24;1-30-18-14-16(23-20(25-18)24-17(29)12-6-3-2-4-7-12)26(11-22-14)19-21(8-5-9-31-21)15(28)13(10-27)32-19/h10-12,14-15,19-23,25,27,31,39,41H,13,16-18H2,1-9H3,(H,35,36,37,40);2-4,6-7,11,13,15,19,27-28H,5,8-10H2,1H3,(H,23,24,25,29)/t25?,27-,31?,33-;13?,15-,19?,21-/m11/s1. The molecule has 4 aliphatic heterocycles. The SMILES string of the molecule is COc1nc(NC(=O)c2ccccc2)nc2c1ncn2C1OC(CO)[C@@H](O)[C@]12CCCO2.COc1nc(NC(=O)c2ccccc2)nc2c1ncn2C1OC2CO[Si](C(C)C)(C(C)C)O[Si](C(C)C)(C(C)C)O[C@H]2[C@]1(O)CCCO. The molecule has 0 aliphatic carbocycles. The van der Waals surface area contributed by atoms with Crippen LogP contribution in [0.2, 0.25) is 22.2 Å². The molecule has 4 aromatic heterocycles. The maximum Gasteiger partial charge on any atom is 0.335 e. The number of fused-ring (bicyclic) bond motifs is 3. The van der Waals surface area contributed by atoms with Crippen molar-refractivity contribution in [3.63, 3.8) is 0 Å². The average molecular weight is 1140 g/mol. The highest BCUT2D eigenvalue weighted by Crippen LogP contribution is 2.53. The van der Waals surface area contributed by atoms with Crippen LogP contribution in [0.5, 0.6) is 11.8 Å². The third-order valence-electron chi connectivity index (χ3n) is 15.6. The second-order valence-electron chi connectivity index (χ2n) is 21.8. The minimum absolute atomic E-state index is 0.00142. The first-order chi connectivity index (χ1) is 38.3. The van der Waals surface area contributed by atoms with Crippen molar-refractivity contribution in [2.45, 2.75) is 151 Å². The van der Waals surface area contributed by atoms with E-state index in [-0.39, 0.29) is 83.6 Å². The number of amides is 2. The molecule has 4 saturated heterocycles. The van der Waals surface area contributed by atoms with Gasteiger partial charge in [-0.1, -0.05) is 91.8 Å². The quantitative estimate of drug-likeness (QED) is 0.0577. The van der Waals surface area contributed by atoms with Crippen LogP contribution in [0.1, 0.15) is 114 Å². The van der Waals surface area contributed by atoms with Gasteiger partial charge in [-0.15, -0.1) is 0 Å². The number of aliphatic hydroxyl groups is 4. The lowest BCUT2D eigenvalue weighted by atomic mass is 9.89. The number of anilines is 2. The van der Waals surface area contributed by atoms with Gasteiger partial charge in [-0.2, -0.15) is 19.9 Å². The molecule has 10 rings (SSSR count). The van der Waals surface area contributed by atoms with Gasteiger partial charge in [-0.3, -0.25) is 29.4 Å². The van der Waals surface area contributed by atoms with Gasteiger partial charge in [-0.25, -0.2) is 9.97 Å². The first-order valence-corrected chi connectivity index (χ1v) is 31.1. The molecule has 0 bridgehead atoms. The number of nitrogens with one attached hydrogen (secondary N) is 2. The molecule has 8 atom stereocenters. The van der Waals surface area contributed by atoms with Crippen molar-refractivity contribution in [2.24, 2.45) is 0 Å². The molecule has 4 aliphatic rings. The number of benzene rings is 2. The van der Waals surface area contributed by atoms with E-state index in [0.717, 1.165) is 6.42 Å². The lowest BCUT2D eigenvalue weighted by molar-refractivity contribution is -0.119. The van der Waals surface area contributed by atoms with Crippen LogP contribution < -0.4 is 20.1 Å². The van der Waals surface area contributed by atoms with Gasteiger partial charge in [0.2, 0.25) is 23.7 Å². The number of imidazole rings is 2. The molecule has 2 amide bonds. The van der Waals surface area contributed by atoms with Crippen molar-refractivity contribution in [3.8, 4) is 11.8 Å². The number of hydrogen-bond donors (Lipinski definition) is 6. The Morgan fingerprint density at radius 1 is 0.738 bits per heavy atom. The van der Waals surface area contributed by atoms with Crippen LogP contribution in [0.3, 0.4) is 0 Å². The summed E-state index contributed by atoms with van der Waals surface area (Å²) in [5, 5.41) is 48.7. The number of nitrogens with zero attached hydrogens (tertiary/aromatic N) is 8. The maximum absolute atomic E-state index is 13.0. The van der Waals surface area contributed by atoms with Gasteiger partial charge >= 0.3 is 17.1 Å². The van der Waals surface area contributed by atoms with Crippen LogP contribution in [-0.4, -0.2) is 165 Å². The molecule has 4 fully saturated rings. The Morgan fingerprint density at radius 3 is 1.70 bits per heavy atom. The van der Waals surface area contributed by atoms with E-state index in [4.69, 9.17) is 36.7 Å². The van der Waals surface area contributed by atoms with Crippen LogP contribution in [0.15, 0.2) is 73.3 Å². The fourth-order valence-corrected chi connectivity index (χ4v) is 22.8. The Hall–Kier alpha value is -5.89. The molecule has 24 nitrogen and oxygen atoms in total. The molecular formula is C54H74N10O14Si2. The second-order valence-corrected chi connectivity index (χ2v) is 30.7. The molecule has 2 aromatic carbocycles. The first-order valence-electron chi connectivity index (χ1n) is 27.2. The number of methoxy groups -OCH3 is 2. The van der Waals surface area contributed by atoms with Crippen molar-refractivity contribution < 1.29 is 66.7 Å². The van der Waals surface area contributed by atoms with Crippen molar-refractivity contribution in [3.05, 3.63) is 84.4 Å². The summed E-state index contributed by atoms with van der Waals surface area (Å²) in [6.07, 6.45) is -0.359. The van der Waals surface area contributed by atoms with Gasteiger partial charge in [0, 0.05) is 24.3 Å². The minimum atomic E-state index is -3.12. The zero-order valence-electron chi connectivity index (χ0n) is 46.8. The summed E-state index contributed by atoms with van der Waals surface area (Å²) < 4.78 is 54.5. The fourth-order valence-electron chi connectivity index (χ4n) is 11.6. The summed E-state index contributed by atoms with van der Waals surface area (Å²) in [5.41, 5.74) is -0.125. The summed E-state index contributed by atoms with van der Waals surface area (Å²) >= 11 is 0. The molecular weight excluding hydrogens is 1070 g/mol. The average Bonchev–Trinajstić information content (AvgIpc) is 4.49. The Morgan fingerprint density at radius 2 is 1.25 bits per heavy atom. The zero-order valence-corrected chi connectivity index (χ0v) is 48.8. The van der Waals surface area contributed by atoms with E-state index in [1.54, 1.807) is 57.7 Å². The van der Waals surface area contributed by atoms with E-state index in [1.165, 1.54) is 26.9 Å². The zero-order chi connectivity index (χ0) is 57.3. The van der Waals surface area contributed by atoms with Crippen molar-refractivity contribution in [2.75, 3.05) is 51.3 Å². The predicted molar refractivity (Wildman–Crippen MR) is 296 cm³/mol. The highest BCUT2D eigenvalue weighted by Gasteiger charge is 2.66. The summed E-state index contributed by atoms with van der Waals surface area (Å²) in [7, 11) is -3.08. The molecule has 80 heavy (non-hydrogen) atoms. The molecule has 432 valence electrons. The summed E-state index contributed by atoms with van der Waals surface area (Å²) in [6, 6.07) is 17.4. The number of carbonyl (C=O) groups is 2. The highest BCUT2D eigenvalue weighted by molar-refractivity contribution is 6.84. The smallest absolute Gasteiger partial charge is 0.335 e. The van der Waals surface area contributed by atoms with E-state index < -0.39 is 71.1 Å². The topological polar surface area (TPSA) is 300 Å². The van der Waals surface area contributed by atoms with Crippen molar-refractivity contribution in [1.29, 1.82) is 0 Å². The Balaban J connectivity index is 0.000000209. The minimum Gasteiger partial charge on any atom is -0.479 e. The van der Waals surface area contributed by atoms with Gasteiger partial charge in [-0.05, 0) is 72.1 Å². The Labute approximate surface area is 466 Å². The highest BCUT2D eigenvalue weighted by atomic mass is 28.5. The lowest BCUT2D eigenvalue weighted by Gasteiger charge is -2.52. The van der Waals surface area contributed by atoms with Crippen LogP contribution in [0, 0.1) is 0 Å². The van der Waals surface area contributed by atoms with Crippen molar-refractivity contribution >= 4 is 63.2 Å². The largest absolute Gasteiger partial charge is 0.479 e. The van der Waals surface area contributed by atoms with Crippen LogP contribution in [0.4, 0.5) is 11.9 Å². The third kappa shape index (κ3) is 10.6. The first kappa shape index (κ1) is 58.8. The molecule has 6 aromatic rings. The summed E-state index contributed by atoms with van der Waals surface area (Å²) in [4.78, 5) is 52.3. The van der Waals surface area contributed by atoms with E-state index in [1.807, 2.05) is 12.1 Å². The Kier molecular flexibility index (Phi) is 17.6. The number of ether oxygens (including phenoxy) is 5. The molecule has 26 heteroatoms. The second kappa shape index (κ2) is 23.9. The predicted octanol–water partition coefficient (Wildman–Crippen LogP) is 6.33. The van der Waals surface area contributed by atoms with Crippen LogP contribution >= 0.6 is 0 Å². The monoisotopic (exact) mass is 1140 g/mol. The van der Waals surface area contributed by atoms with Gasteiger partial charge < -0.3 is 57.1 Å². The maximum atomic E-state index is 13.0. The molecule has 0 radical (unpaired) electrons. The normalized spacial score (nSPS) is 26.2. The number of carbonyl (C=O) groups excluding carboxylic acids is 2. The molecule has 4 unspecified atom stereocenters. The number of aliphatic hydroxyl groups excluding tert-OH is 3. The molecule has 0 saturated carbocycles. The van der Waals surface area contributed by atoms with Gasteiger partial charge in [0.1, 0.15) is 35.6 Å². The lowest BCUT2D eigenvalue weighted by Crippen LogP contribution is -2.67. The molecule has 8 heterocycles. The Bertz CT molecular complexity index is 3090. The van der Waals surface area contributed by atoms with E-state index in [9.17, 15) is 30.0 Å². The number of aromatic nitrogens is 8. The van der Waals surface area contributed by atoms with Crippen LogP contribution in [0.25, 0.3) is 22.3 Å². The summed E-state index contributed by atoms with van der Waals surface area (Å²) in [5.74, 6) is -0.411. The van der Waals surface area contributed by atoms with E-state index in [0.29, 0.717) is 47.3 Å².